The standard InChI is InChI=1S/C10Cl7N3/c11-5-2-1-3(7(13)18-5)8(14)20-10(16,17)4(1)9(15)19-6(2)12. The van der Waals surface area contributed by atoms with Gasteiger partial charge < -0.3 is 0 Å². The highest BCUT2D eigenvalue weighted by molar-refractivity contribution is 6.73. The van der Waals surface area contributed by atoms with Crippen molar-refractivity contribution in [3.8, 4) is 0 Å². The molecule has 0 saturated carbocycles. The van der Waals surface area contributed by atoms with E-state index in [0.29, 0.717) is 16.3 Å². The molecule has 0 saturated heterocycles. The number of nitrogens with zero attached hydrogens (tertiary/aromatic N) is 3. The Bertz CT molecular complexity index is 791. The van der Waals surface area contributed by atoms with Gasteiger partial charge in [-0.05, 0) is 0 Å². The normalized spacial score (nSPS) is 16.4. The van der Waals surface area contributed by atoms with Crippen LogP contribution in [0.1, 0.15) is 11.1 Å². The molecule has 0 aromatic carbocycles. The number of aromatic nitrogens is 2. The van der Waals surface area contributed by atoms with Gasteiger partial charge >= 0.3 is 0 Å². The first kappa shape index (κ1) is 15.2. The summed E-state index contributed by atoms with van der Waals surface area (Å²) in [5.41, 5.74) is 0.526. The zero-order valence-electron chi connectivity index (χ0n) is 8.99. The summed E-state index contributed by atoms with van der Waals surface area (Å²) in [7, 11) is 0. The highest BCUT2D eigenvalue weighted by Gasteiger charge is 2.39. The van der Waals surface area contributed by atoms with E-state index >= 15 is 0 Å². The number of hydrogen-bond donors (Lipinski definition) is 0. The molecular weight excluding hydrogens is 410 g/mol. The first-order valence-electron chi connectivity index (χ1n) is 4.91. The fourth-order valence-electron chi connectivity index (χ4n) is 1.97. The maximum atomic E-state index is 6.15. The van der Waals surface area contributed by atoms with Gasteiger partial charge in [-0.15, -0.1) is 0 Å². The Morgan fingerprint density at radius 1 is 0.700 bits per heavy atom. The molecule has 3 nitrogen and oxygen atoms in total. The van der Waals surface area contributed by atoms with Gasteiger partial charge in [-0.1, -0.05) is 81.2 Å². The predicted octanol–water partition coefficient (Wildman–Crippen LogP) is 5.83. The number of rotatable bonds is 0. The maximum Gasteiger partial charge on any atom is 0.238 e. The number of halogens is 7. The van der Waals surface area contributed by atoms with E-state index in [4.69, 9.17) is 81.2 Å². The minimum absolute atomic E-state index is 0.0139. The van der Waals surface area contributed by atoms with Gasteiger partial charge in [0.25, 0.3) is 0 Å². The summed E-state index contributed by atoms with van der Waals surface area (Å²) in [5, 5.41) is 0.801. The van der Waals surface area contributed by atoms with E-state index in [1.54, 1.807) is 0 Å². The lowest BCUT2D eigenvalue weighted by Crippen LogP contribution is -2.19. The van der Waals surface area contributed by atoms with E-state index in [1.807, 2.05) is 0 Å². The maximum absolute atomic E-state index is 6.15. The predicted molar refractivity (Wildman–Crippen MR) is 85.4 cm³/mol. The second kappa shape index (κ2) is 4.88. The molecule has 3 heterocycles. The molecule has 0 amide bonds. The van der Waals surface area contributed by atoms with Gasteiger partial charge in [-0.25, -0.2) is 15.0 Å². The smallest absolute Gasteiger partial charge is 0.229 e. The van der Waals surface area contributed by atoms with Crippen LogP contribution in [0.15, 0.2) is 4.99 Å². The Morgan fingerprint density at radius 2 is 1.25 bits per heavy atom. The summed E-state index contributed by atoms with van der Waals surface area (Å²) in [6, 6.07) is 0. The van der Waals surface area contributed by atoms with Crippen molar-refractivity contribution in [3.63, 3.8) is 0 Å². The van der Waals surface area contributed by atoms with E-state index in [0.717, 1.165) is 0 Å². The molecule has 2 aromatic heterocycles. The van der Waals surface area contributed by atoms with E-state index in [2.05, 4.69) is 15.0 Å². The summed E-state index contributed by atoms with van der Waals surface area (Å²) in [4.78, 5) is 11.8. The topological polar surface area (TPSA) is 38.1 Å². The minimum atomic E-state index is -1.72. The van der Waals surface area contributed by atoms with Gasteiger partial charge in [0.05, 0.1) is 16.5 Å². The number of aliphatic imine (C=N–C) groups is 1. The van der Waals surface area contributed by atoms with Crippen molar-refractivity contribution in [2.45, 2.75) is 4.46 Å². The highest BCUT2D eigenvalue weighted by Crippen LogP contribution is 2.50. The molecule has 0 N–H and O–H groups in total. The van der Waals surface area contributed by atoms with E-state index < -0.39 is 4.46 Å². The van der Waals surface area contributed by atoms with Gasteiger partial charge in [0, 0.05) is 5.39 Å². The Kier molecular flexibility index (Phi) is 3.70. The van der Waals surface area contributed by atoms with Gasteiger partial charge in [-0.2, -0.15) is 0 Å². The molecule has 3 rings (SSSR count). The zero-order valence-corrected chi connectivity index (χ0v) is 14.3. The molecule has 0 fully saturated rings. The van der Waals surface area contributed by atoms with E-state index in [1.165, 1.54) is 0 Å². The minimum Gasteiger partial charge on any atom is -0.229 e. The molecule has 20 heavy (non-hydrogen) atoms. The van der Waals surface area contributed by atoms with Crippen LogP contribution in [0.2, 0.25) is 20.6 Å². The first-order chi connectivity index (χ1) is 9.24. The zero-order chi connectivity index (χ0) is 14.8. The van der Waals surface area contributed by atoms with Crippen LogP contribution in [-0.4, -0.2) is 15.1 Å². The van der Waals surface area contributed by atoms with Gasteiger partial charge in [0.15, 0.2) is 0 Å². The fourth-order valence-corrected chi connectivity index (χ4v) is 4.30. The SMILES string of the molecule is ClC1=NC(Cl)(Cl)c2c(Cl)nc(Cl)c3c(Cl)nc(Cl)c1c23. The molecule has 0 bridgehead atoms. The Morgan fingerprint density at radius 3 is 1.85 bits per heavy atom. The molecule has 0 unspecified atom stereocenters. The summed E-state index contributed by atoms with van der Waals surface area (Å²) in [5.74, 6) is 0. The molecule has 0 atom stereocenters. The van der Waals surface area contributed by atoms with Crippen LogP contribution in [0.3, 0.4) is 0 Å². The van der Waals surface area contributed by atoms with Crippen molar-refractivity contribution in [3.05, 3.63) is 31.7 Å². The lowest BCUT2D eigenvalue weighted by atomic mass is 10.0. The highest BCUT2D eigenvalue weighted by atomic mass is 35.5. The molecule has 1 aliphatic rings. The lowest BCUT2D eigenvalue weighted by Gasteiger charge is -2.25. The summed E-state index contributed by atoms with van der Waals surface area (Å²) < 4.78 is -1.72. The molecule has 0 radical (unpaired) electrons. The Labute approximate surface area is 147 Å². The largest absolute Gasteiger partial charge is 0.238 e. The van der Waals surface area contributed by atoms with Crippen LogP contribution in [0.5, 0.6) is 0 Å². The number of hydrogen-bond acceptors (Lipinski definition) is 3. The molecule has 10 heteroatoms. The van der Waals surface area contributed by atoms with Crippen molar-refractivity contribution in [2.24, 2.45) is 4.99 Å². The van der Waals surface area contributed by atoms with Gasteiger partial charge in [0.1, 0.15) is 25.8 Å². The third kappa shape index (κ3) is 2.07. The molecular formula is C10Cl7N3. The third-order valence-electron chi connectivity index (χ3n) is 2.71. The van der Waals surface area contributed by atoms with Gasteiger partial charge in [0.2, 0.25) is 4.46 Å². The molecule has 104 valence electrons. The number of pyridine rings is 2. The van der Waals surface area contributed by atoms with Crippen LogP contribution in [0, 0.1) is 0 Å². The quantitative estimate of drug-likeness (QED) is 0.311. The van der Waals surface area contributed by atoms with E-state index in [-0.39, 0.29) is 31.3 Å². The van der Waals surface area contributed by atoms with E-state index in [9.17, 15) is 0 Å². The van der Waals surface area contributed by atoms with Crippen molar-refractivity contribution in [2.75, 3.05) is 0 Å². The summed E-state index contributed by atoms with van der Waals surface area (Å²) >= 11 is 42.6. The second-order valence-corrected chi connectivity index (χ2v) is 6.91. The third-order valence-corrected chi connectivity index (χ3v) is 4.63. The second-order valence-electron chi connectivity index (χ2n) is 3.83. The number of alkyl halides is 2. The molecule has 1 aliphatic heterocycles. The molecule has 2 aromatic rings. The average Bonchev–Trinajstić information content (AvgIpc) is 2.24. The Hall–Kier alpha value is 0.260. The van der Waals surface area contributed by atoms with Crippen molar-refractivity contribution < 1.29 is 0 Å². The molecule has 0 spiro atoms. The Balaban J connectivity index is 2.68. The van der Waals surface area contributed by atoms with Gasteiger partial charge in [-0.3, -0.25) is 0 Å². The fraction of sp³-hybridized carbons (Fsp3) is 0.100. The van der Waals surface area contributed by atoms with Crippen LogP contribution in [-0.2, 0) is 4.46 Å². The van der Waals surface area contributed by atoms with Crippen LogP contribution < -0.4 is 0 Å². The lowest BCUT2D eigenvalue weighted by molar-refractivity contribution is 0.914. The van der Waals surface area contributed by atoms with Crippen molar-refractivity contribution in [1.82, 2.24) is 9.97 Å². The summed E-state index contributed by atoms with van der Waals surface area (Å²) in [6.07, 6.45) is 0. The first-order valence-corrected chi connectivity index (χ1v) is 7.56. The van der Waals surface area contributed by atoms with Crippen LogP contribution in [0.25, 0.3) is 10.8 Å². The molecule has 0 aliphatic carbocycles. The van der Waals surface area contributed by atoms with Crippen molar-refractivity contribution >= 4 is 97.1 Å². The van der Waals surface area contributed by atoms with Crippen LogP contribution >= 0.6 is 81.2 Å². The van der Waals surface area contributed by atoms with Crippen molar-refractivity contribution in [1.29, 1.82) is 0 Å². The van der Waals surface area contributed by atoms with Crippen LogP contribution in [0.4, 0.5) is 0 Å². The monoisotopic (exact) mass is 407 g/mol. The summed E-state index contributed by atoms with van der Waals surface area (Å²) in [6.45, 7) is 0. The average molecular weight is 410 g/mol.